The molecule has 5 nitrogen and oxygen atoms in total. The summed E-state index contributed by atoms with van der Waals surface area (Å²) >= 11 is 0. The highest BCUT2D eigenvalue weighted by Crippen LogP contribution is 2.44. The fourth-order valence-electron chi connectivity index (χ4n) is 2.47. The summed E-state index contributed by atoms with van der Waals surface area (Å²) in [4.78, 5) is 11.5. The van der Waals surface area contributed by atoms with Gasteiger partial charge in [0.15, 0.2) is 11.5 Å². The van der Waals surface area contributed by atoms with Gasteiger partial charge in [-0.15, -0.1) is 0 Å². The van der Waals surface area contributed by atoms with Crippen LogP contribution in [-0.2, 0) is 0 Å². The Labute approximate surface area is 115 Å². The maximum Gasteiger partial charge on any atom is 0.336 e. The van der Waals surface area contributed by atoms with Crippen LogP contribution in [0.4, 0.5) is 0 Å². The number of ether oxygens (including phenoxy) is 2. The van der Waals surface area contributed by atoms with Crippen molar-refractivity contribution in [1.29, 1.82) is 0 Å². The van der Waals surface area contributed by atoms with Gasteiger partial charge in [-0.3, -0.25) is 0 Å². The smallest absolute Gasteiger partial charge is 0.336 e. The second kappa shape index (κ2) is 4.83. The van der Waals surface area contributed by atoms with Crippen LogP contribution in [0.2, 0.25) is 0 Å². The predicted octanol–water partition coefficient (Wildman–Crippen LogP) is 2.60. The Morgan fingerprint density at radius 1 is 1.30 bits per heavy atom. The van der Waals surface area contributed by atoms with Crippen molar-refractivity contribution in [3.05, 3.63) is 34.2 Å². The minimum Gasteiger partial charge on any atom is -0.454 e. The summed E-state index contributed by atoms with van der Waals surface area (Å²) in [5, 5.41) is 11.2. The van der Waals surface area contributed by atoms with E-state index in [2.05, 4.69) is 0 Å². The SMILES string of the molecule is CC(C)CC(O)c1c2c(cc3ccc(=O)oc13)OCO2. The molecule has 0 amide bonds. The highest BCUT2D eigenvalue weighted by Gasteiger charge is 2.27. The molecule has 2 heterocycles. The number of aliphatic hydroxyl groups excluding tert-OH is 1. The Morgan fingerprint density at radius 3 is 2.85 bits per heavy atom. The highest BCUT2D eigenvalue weighted by molar-refractivity contribution is 5.85. The summed E-state index contributed by atoms with van der Waals surface area (Å²) in [7, 11) is 0. The van der Waals surface area contributed by atoms with Gasteiger partial charge in [0.25, 0.3) is 0 Å². The minimum atomic E-state index is -0.764. The van der Waals surface area contributed by atoms with Crippen molar-refractivity contribution in [1.82, 2.24) is 0 Å². The van der Waals surface area contributed by atoms with E-state index in [1.54, 1.807) is 12.1 Å². The first-order valence-corrected chi connectivity index (χ1v) is 6.60. The second-order valence-electron chi connectivity index (χ2n) is 5.34. The van der Waals surface area contributed by atoms with Gasteiger partial charge in [0, 0.05) is 11.5 Å². The average Bonchev–Trinajstić information content (AvgIpc) is 2.82. The van der Waals surface area contributed by atoms with Gasteiger partial charge < -0.3 is 19.0 Å². The molecule has 1 unspecified atom stereocenters. The third-order valence-electron chi connectivity index (χ3n) is 3.31. The monoisotopic (exact) mass is 276 g/mol. The fourth-order valence-corrected chi connectivity index (χ4v) is 2.47. The topological polar surface area (TPSA) is 68.9 Å². The predicted molar refractivity (Wildman–Crippen MR) is 73.0 cm³/mol. The molecule has 0 radical (unpaired) electrons. The van der Waals surface area contributed by atoms with Crippen molar-refractivity contribution < 1.29 is 19.0 Å². The van der Waals surface area contributed by atoms with Crippen LogP contribution in [0.15, 0.2) is 27.4 Å². The van der Waals surface area contributed by atoms with E-state index in [-0.39, 0.29) is 6.79 Å². The number of benzene rings is 1. The van der Waals surface area contributed by atoms with Gasteiger partial charge >= 0.3 is 5.63 Å². The van der Waals surface area contributed by atoms with Gasteiger partial charge in [-0.25, -0.2) is 4.79 Å². The lowest BCUT2D eigenvalue weighted by molar-refractivity contribution is 0.141. The first-order valence-electron chi connectivity index (χ1n) is 6.60. The number of aliphatic hydroxyl groups is 1. The van der Waals surface area contributed by atoms with E-state index in [0.29, 0.717) is 40.4 Å². The molecule has 1 N–H and O–H groups in total. The molecule has 0 spiro atoms. The molecule has 0 saturated carbocycles. The molecule has 0 fully saturated rings. The van der Waals surface area contributed by atoms with E-state index in [0.717, 1.165) is 0 Å². The molecule has 1 aromatic carbocycles. The third kappa shape index (κ3) is 2.14. The first kappa shape index (κ1) is 13.0. The summed E-state index contributed by atoms with van der Waals surface area (Å²) in [6.45, 7) is 4.14. The van der Waals surface area contributed by atoms with Crippen LogP contribution in [0, 0.1) is 5.92 Å². The largest absolute Gasteiger partial charge is 0.454 e. The molecule has 5 heteroatoms. The Bertz CT molecular complexity index is 701. The van der Waals surface area contributed by atoms with Crippen molar-refractivity contribution in [2.45, 2.75) is 26.4 Å². The lowest BCUT2D eigenvalue weighted by Crippen LogP contribution is -2.06. The Balaban J connectivity index is 2.25. The standard InChI is InChI=1S/C15H16O5/c1-8(2)5-10(16)13-14-9(3-4-12(17)20-14)6-11-15(13)19-7-18-11/h3-4,6,8,10,16H,5,7H2,1-2H3. The maximum absolute atomic E-state index is 11.5. The number of rotatable bonds is 3. The molecule has 0 bridgehead atoms. The van der Waals surface area contributed by atoms with Crippen molar-refractivity contribution in [3.63, 3.8) is 0 Å². The van der Waals surface area contributed by atoms with Crippen LogP contribution in [0.3, 0.4) is 0 Å². The van der Waals surface area contributed by atoms with Crippen LogP contribution >= 0.6 is 0 Å². The second-order valence-corrected chi connectivity index (χ2v) is 5.34. The van der Waals surface area contributed by atoms with Crippen LogP contribution in [0.1, 0.15) is 31.9 Å². The molecular formula is C15H16O5. The van der Waals surface area contributed by atoms with Crippen molar-refractivity contribution in [3.8, 4) is 11.5 Å². The summed E-state index contributed by atoms with van der Waals surface area (Å²) in [6, 6.07) is 4.77. The first-order chi connectivity index (χ1) is 9.56. The molecule has 1 aliphatic heterocycles. The van der Waals surface area contributed by atoms with Gasteiger partial charge in [0.05, 0.1) is 11.7 Å². The lowest BCUT2D eigenvalue weighted by atomic mass is 9.96. The van der Waals surface area contributed by atoms with E-state index < -0.39 is 11.7 Å². The minimum absolute atomic E-state index is 0.108. The van der Waals surface area contributed by atoms with E-state index in [4.69, 9.17) is 13.9 Å². The Morgan fingerprint density at radius 2 is 2.10 bits per heavy atom. The van der Waals surface area contributed by atoms with Crippen LogP contribution in [-0.4, -0.2) is 11.9 Å². The van der Waals surface area contributed by atoms with Crippen LogP contribution < -0.4 is 15.1 Å². The number of fused-ring (bicyclic) bond motifs is 2. The zero-order chi connectivity index (χ0) is 14.3. The molecule has 1 aliphatic rings. The fraction of sp³-hybridized carbons (Fsp3) is 0.400. The van der Waals surface area contributed by atoms with Gasteiger partial charge in [-0.05, 0) is 24.5 Å². The van der Waals surface area contributed by atoms with E-state index in [1.165, 1.54) is 6.07 Å². The molecular weight excluding hydrogens is 260 g/mol. The van der Waals surface area contributed by atoms with Gasteiger partial charge in [0.1, 0.15) is 5.58 Å². The molecule has 20 heavy (non-hydrogen) atoms. The van der Waals surface area contributed by atoms with Gasteiger partial charge in [-0.2, -0.15) is 0 Å². The van der Waals surface area contributed by atoms with Crippen LogP contribution in [0.25, 0.3) is 11.0 Å². The number of hydrogen-bond acceptors (Lipinski definition) is 5. The van der Waals surface area contributed by atoms with Gasteiger partial charge in [-0.1, -0.05) is 13.8 Å². The van der Waals surface area contributed by atoms with E-state index >= 15 is 0 Å². The van der Waals surface area contributed by atoms with Gasteiger partial charge in [0.2, 0.25) is 6.79 Å². The molecule has 0 saturated heterocycles. The average molecular weight is 276 g/mol. The molecule has 1 aromatic heterocycles. The highest BCUT2D eigenvalue weighted by atomic mass is 16.7. The van der Waals surface area contributed by atoms with E-state index in [1.807, 2.05) is 13.8 Å². The van der Waals surface area contributed by atoms with Crippen molar-refractivity contribution >= 4 is 11.0 Å². The zero-order valence-corrected chi connectivity index (χ0v) is 11.4. The Hall–Kier alpha value is -2.01. The third-order valence-corrected chi connectivity index (χ3v) is 3.31. The number of hydrogen-bond donors (Lipinski definition) is 1. The summed E-state index contributed by atoms with van der Waals surface area (Å²) in [5.74, 6) is 1.35. The molecule has 0 aliphatic carbocycles. The molecule has 2 aromatic rings. The van der Waals surface area contributed by atoms with E-state index in [9.17, 15) is 9.90 Å². The summed E-state index contributed by atoms with van der Waals surface area (Å²) in [5.41, 5.74) is 0.422. The molecule has 1 atom stereocenters. The Kier molecular flexibility index (Phi) is 3.14. The normalized spacial score (nSPS) is 15.0. The molecule has 3 rings (SSSR count). The van der Waals surface area contributed by atoms with Crippen molar-refractivity contribution in [2.24, 2.45) is 5.92 Å². The van der Waals surface area contributed by atoms with Crippen molar-refractivity contribution in [2.75, 3.05) is 6.79 Å². The summed E-state index contributed by atoms with van der Waals surface area (Å²) in [6.07, 6.45) is -0.215. The quantitative estimate of drug-likeness (QED) is 0.873. The lowest BCUT2D eigenvalue weighted by Gasteiger charge is -2.16. The maximum atomic E-state index is 11.5. The molecule has 106 valence electrons. The van der Waals surface area contributed by atoms with Crippen LogP contribution in [0.5, 0.6) is 11.5 Å². The zero-order valence-electron chi connectivity index (χ0n) is 11.4. The summed E-state index contributed by atoms with van der Waals surface area (Å²) < 4.78 is 16.1.